The monoisotopic (exact) mass is 297 g/mol. The van der Waals surface area contributed by atoms with Gasteiger partial charge in [0.15, 0.2) is 6.10 Å². The van der Waals surface area contributed by atoms with E-state index in [1.807, 2.05) is 4.90 Å². The first kappa shape index (κ1) is 16.3. The van der Waals surface area contributed by atoms with E-state index in [0.29, 0.717) is 12.8 Å². The molecule has 2 rings (SSSR count). The van der Waals surface area contributed by atoms with E-state index in [-0.39, 0.29) is 5.91 Å². The van der Waals surface area contributed by atoms with Crippen LogP contribution in [0.3, 0.4) is 0 Å². The summed E-state index contributed by atoms with van der Waals surface area (Å²) in [6, 6.07) is 0. The minimum atomic E-state index is -0.960. The highest BCUT2D eigenvalue weighted by atomic mass is 16.5. The Morgan fingerprint density at radius 2 is 1.76 bits per heavy atom. The fourth-order valence-corrected chi connectivity index (χ4v) is 3.22. The van der Waals surface area contributed by atoms with Crippen LogP contribution in [-0.2, 0) is 14.3 Å². The maximum absolute atomic E-state index is 12.3. The van der Waals surface area contributed by atoms with Crippen molar-refractivity contribution in [3.63, 3.8) is 0 Å². The standard InChI is InChI=1S/C16H27NO4/c1-11(2)3-4-12-7-9-17(10-8-12)15(18)13-5-6-14(21-13)16(19)20/h11-14H,3-10H2,1-2H3,(H,19,20)/t13-,14+/m0/s1. The van der Waals surface area contributed by atoms with Crippen molar-refractivity contribution in [2.75, 3.05) is 13.1 Å². The van der Waals surface area contributed by atoms with E-state index in [2.05, 4.69) is 13.8 Å². The number of amides is 1. The molecule has 0 saturated carbocycles. The zero-order valence-corrected chi connectivity index (χ0v) is 13.1. The van der Waals surface area contributed by atoms with Crippen LogP contribution in [-0.4, -0.2) is 47.2 Å². The van der Waals surface area contributed by atoms with Crippen molar-refractivity contribution in [1.29, 1.82) is 0 Å². The fraction of sp³-hybridized carbons (Fsp3) is 0.875. The van der Waals surface area contributed by atoms with Crippen LogP contribution in [0.25, 0.3) is 0 Å². The second kappa shape index (κ2) is 7.25. The van der Waals surface area contributed by atoms with Crippen LogP contribution in [0.15, 0.2) is 0 Å². The van der Waals surface area contributed by atoms with E-state index in [9.17, 15) is 9.59 Å². The van der Waals surface area contributed by atoms with Gasteiger partial charge in [-0.15, -0.1) is 0 Å². The molecular formula is C16H27NO4. The lowest BCUT2D eigenvalue weighted by atomic mass is 9.89. The van der Waals surface area contributed by atoms with Gasteiger partial charge in [0.25, 0.3) is 5.91 Å². The van der Waals surface area contributed by atoms with E-state index in [0.717, 1.165) is 37.8 Å². The minimum Gasteiger partial charge on any atom is -0.479 e. The molecule has 0 radical (unpaired) electrons. The van der Waals surface area contributed by atoms with E-state index >= 15 is 0 Å². The second-order valence-electron chi connectivity index (χ2n) is 6.77. The van der Waals surface area contributed by atoms with Crippen LogP contribution < -0.4 is 0 Å². The summed E-state index contributed by atoms with van der Waals surface area (Å²) in [6.45, 7) is 6.07. The van der Waals surface area contributed by atoms with Crippen molar-refractivity contribution in [3.05, 3.63) is 0 Å². The fourth-order valence-electron chi connectivity index (χ4n) is 3.22. The Balaban J connectivity index is 1.75. The van der Waals surface area contributed by atoms with Gasteiger partial charge in [-0.2, -0.15) is 0 Å². The summed E-state index contributed by atoms with van der Waals surface area (Å²) in [5.74, 6) is 0.496. The van der Waals surface area contributed by atoms with Gasteiger partial charge in [-0.25, -0.2) is 4.79 Å². The number of carbonyl (C=O) groups excluding carboxylic acids is 1. The first-order chi connectivity index (χ1) is 9.97. The molecule has 0 spiro atoms. The van der Waals surface area contributed by atoms with E-state index < -0.39 is 18.2 Å². The molecule has 0 aromatic rings. The highest BCUT2D eigenvalue weighted by Gasteiger charge is 2.37. The average Bonchev–Trinajstić information content (AvgIpc) is 2.95. The first-order valence-corrected chi connectivity index (χ1v) is 8.14. The summed E-state index contributed by atoms with van der Waals surface area (Å²) in [6.07, 6.45) is 4.26. The Morgan fingerprint density at radius 3 is 2.29 bits per heavy atom. The Labute approximate surface area is 126 Å². The van der Waals surface area contributed by atoms with Crippen LogP contribution in [0.5, 0.6) is 0 Å². The van der Waals surface area contributed by atoms with Crippen molar-refractivity contribution in [3.8, 4) is 0 Å². The van der Waals surface area contributed by atoms with Gasteiger partial charge in [-0.3, -0.25) is 4.79 Å². The van der Waals surface area contributed by atoms with E-state index in [1.165, 1.54) is 12.8 Å². The molecule has 0 bridgehead atoms. The zero-order valence-electron chi connectivity index (χ0n) is 13.1. The van der Waals surface area contributed by atoms with Gasteiger partial charge < -0.3 is 14.7 Å². The molecule has 1 amide bonds. The molecule has 5 heteroatoms. The molecule has 2 saturated heterocycles. The maximum atomic E-state index is 12.3. The molecule has 0 aliphatic carbocycles. The highest BCUT2D eigenvalue weighted by molar-refractivity contribution is 5.82. The number of hydrogen-bond donors (Lipinski definition) is 1. The van der Waals surface area contributed by atoms with Gasteiger partial charge in [-0.1, -0.05) is 26.7 Å². The number of hydrogen-bond acceptors (Lipinski definition) is 3. The number of carboxylic acid groups (broad SMARTS) is 1. The van der Waals surface area contributed by atoms with Crippen molar-refractivity contribution < 1.29 is 19.4 Å². The quantitative estimate of drug-likeness (QED) is 0.845. The van der Waals surface area contributed by atoms with Crippen LogP contribution in [0.4, 0.5) is 0 Å². The van der Waals surface area contributed by atoms with Gasteiger partial charge in [0, 0.05) is 13.1 Å². The van der Waals surface area contributed by atoms with Gasteiger partial charge in [-0.05, 0) is 37.5 Å². The number of ether oxygens (including phenoxy) is 1. The summed E-state index contributed by atoms with van der Waals surface area (Å²) in [5.41, 5.74) is 0. The third-order valence-corrected chi connectivity index (χ3v) is 4.65. The molecule has 2 aliphatic rings. The molecular weight excluding hydrogens is 270 g/mol. The third-order valence-electron chi connectivity index (χ3n) is 4.65. The highest BCUT2D eigenvalue weighted by Crippen LogP contribution is 2.27. The SMILES string of the molecule is CC(C)CCC1CCN(C(=O)[C@@H]2CC[C@H](C(=O)O)O2)CC1. The summed E-state index contributed by atoms with van der Waals surface area (Å²) in [4.78, 5) is 25.1. The van der Waals surface area contributed by atoms with E-state index in [1.54, 1.807) is 0 Å². The number of carbonyl (C=O) groups is 2. The van der Waals surface area contributed by atoms with Crippen molar-refractivity contribution >= 4 is 11.9 Å². The Morgan fingerprint density at radius 1 is 1.14 bits per heavy atom. The Bertz CT molecular complexity index is 374. The molecule has 1 N–H and O–H groups in total. The molecule has 2 fully saturated rings. The van der Waals surface area contributed by atoms with Crippen LogP contribution >= 0.6 is 0 Å². The summed E-state index contributed by atoms with van der Waals surface area (Å²) >= 11 is 0. The largest absolute Gasteiger partial charge is 0.479 e. The number of carboxylic acids is 1. The molecule has 2 atom stereocenters. The van der Waals surface area contributed by atoms with E-state index in [4.69, 9.17) is 9.84 Å². The summed E-state index contributed by atoms with van der Waals surface area (Å²) in [5, 5.41) is 8.91. The molecule has 21 heavy (non-hydrogen) atoms. The van der Waals surface area contributed by atoms with Crippen LogP contribution in [0.1, 0.15) is 52.4 Å². The van der Waals surface area contributed by atoms with Gasteiger partial charge in [0.05, 0.1) is 0 Å². The molecule has 0 aromatic carbocycles. The lowest BCUT2D eigenvalue weighted by Crippen LogP contribution is -2.44. The van der Waals surface area contributed by atoms with Gasteiger partial charge in [0.2, 0.25) is 0 Å². The minimum absolute atomic E-state index is 0.0129. The molecule has 0 unspecified atom stereocenters. The van der Waals surface area contributed by atoms with Crippen molar-refractivity contribution in [2.24, 2.45) is 11.8 Å². The summed E-state index contributed by atoms with van der Waals surface area (Å²) in [7, 11) is 0. The first-order valence-electron chi connectivity index (χ1n) is 8.14. The number of rotatable bonds is 5. The summed E-state index contributed by atoms with van der Waals surface area (Å²) < 4.78 is 5.35. The molecule has 5 nitrogen and oxygen atoms in total. The number of likely N-dealkylation sites (tertiary alicyclic amines) is 1. The Hall–Kier alpha value is -1.10. The van der Waals surface area contributed by atoms with Crippen LogP contribution in [0.2, 0.25) is 0 Å². The molecule has 0 aromatic heterocycles. The predicted octanol–water partition coefficient (Wildman–Crippen LogP) is 2.29. The topological polar surface area (TPSA) is 66.8 Å². The average molecular weight is 297 g/mol. The van der Waals surface area contributed by atoms with Crippen LogP contribution in [0, 0.1) is 11.8 Å². The number of piperidine rings is 1. The molecule has 2 aliphatic heterocycles. The lowest BCUT2D eigenvalue weighted by Gasteiger charge is -2.33. The number of nitrogens with zero attached hydrogens (tertiary/aromatic N) is 1. The zero-order chi connectivity index (χ0) is 15.4. The van der Waals surface area contributed by atoms with Gasteiger partial charge >= 0.3 is 5.97 Å². The van der Waals surface area contributed by atoms with Crippen molar-refractivity contribution in [2.45, 2.75) is 64.6 Å². The Kier molecular flexibility index (Phi) is 5.62. The third kappa shape index (κ3) is 4.43. The molecule has 120 valence electrons. The van der Waals surface area contributed by atoms with Crippen molar-refractivity contribution in [1.82, 2.24) is 4.90 Å². The normalized spacial score (nSPS) is 27.3. The second-order valence-corrected chi connectivity index (χ2v) is 6.77. The maximum Gasteiger partial charge on any atom is 0.332 e. The van der Waals surface area contributed by atoms with Gasteiger partial charge in [0.1, 0.15) is 6.10 Å². The number of aliphatic carboxylic acids is 1. The predicted molar refractivity (Wildman–Crippen MR) is 78.9 cm³/mol. The smallest absolute Gasteiger partial charge is 0.332 e. The lowest BCUT2D eigenvalue weighted by molar-refractivity contribution is -0.155. The molecule has 2 heterocycles.